The van der Waals surface area contributed by atoms with Crippen LogP contribution in [-0.2, 0) is 9.47 Å². The van der Waals surface area contributed by atoms with Gasteiger partial charge >= 0.3 is 12.1 Å². The van der Waals surface area contributed by atoms with Gasteiger partial charge in [0.1, 0.15) is 5.82 Å². The van der Waals surface area contributed by atoms with Crippen molar-refractivity contribution in [3.05, 3.63) is 34.6 Å². The maximum Gasteiger partial charge on any atom is 0.406 e. The van der Waals surface area contributed by atoms with Gasteiger partial charge in [-0.2, -0.15) is 0 Å². The first-order valence-electron chi connectivity index (χ1n) is 14.1. The lowest BCUT2D eigenvalue weighted by Gasteiger charge is -2.42. The molecule has 2 saturated heterocycles. The van der Waals surface area contributed by atoms with Gasteiger partial charge in [0.25, 0.3) is 0 Å². The molecule has 0 spiro atoms. The molecule has 10 heteroatoms. The highest BCUT2D eigenvalue weighted by Gasteiger charge is 2.36. The van der Waals surface area contributed by atoms with E-state index in [1.807, 2.05) is 4.90 Å². The van der Waals surface area contributed by atoms with Crippen LogP contribution in [0.1, 0.15) is 63.0 Å². The van der Waals surface area contributed by atoms with E-state index < -0.39 is 18.0 Å². The molecule has 0 radical (unpaired) electrons. The van der Waals surface area contributed by atoms with Crippen molar-refractivity contribution < 1.29 is 23.5 Å². The number of carbonyl (C=O) groups is 2. The van der Waals surface area contributed by atoms with Gasteiger partial charge in [0, 0.05) is 43.7 Å². The van der Waals surface area contributed by atoms with Crippen LogP contribution < -0.4 is 16.0 Å². The highest BCUT2D eigenvalue weighted by Crippen LogP contribution is 2.37. The van der Waals surface area contributed by atoms with Crippen LogP contribution in [0.4, 0.5) is 14.0 Å². The molecule has 2 aliphatic heterocycles. The number of halogens is 2. The van der Waals surface area contributed by atoms with Crippen molar-refractivity contribution in [1.29, 1.82) is 0 Å². The number of alkyl carbamates (subject to hydrolysis) is 1. The second-order valence-electron chi connectivity index (χ2n) is 10.8. The van der Waals surface area contributed by atoms with Gasteiger partial charge < -0.3 is 30.3 Å². The molecular weight excluding hydrogens is 511 g/mol. The fourth-order valence-corrected chi connectivity index (χ4v) is 6.67. The Kier molecular flexibility index (Phi) is 10.9. The quantitative estimate of drug-likeness (QED) is 0.400. The summed E-state index contributed by atoms with van der Waals surface area (Å²) in [5, 5.41) is 9.44. The molecule has 3 N–H and O–H groups in total. The smallest absolute Gasteiger partial charge is 0.406 e. The van der Waals surface area contributed by atoms with Crippen LogP contribution in [0.5, 0.6) is 0 Å². The maximum atomic E-state index is 15.1. The Balaban J connectivity index is 1.42. The number of amides is 3. The monoisotopic (exact) mass is 552 g/mol. The van der Waals surface area contributed by atoms with Crippen LogP contribution in [0, 0.1) is 23.6 Å². The van der Waals surface area contributed by atoms with Crippen molar-refractivity contribution in [2.24, 2.45) is 17.8 Å². The van der Waals surface area contributed by atoms with Crippen molar-refractivity contribution >= 4 is 23.7 Å². The number of nitrogens with zero attached hydrogens (tertiary/aromatic N) is 1. The van der Waals surface area contributed by atoms with Crippen molar-refractivity contribution in [2.75, 3.05) is 46.4 Å². The van der Waals surface area contributed by atoms with Crippen molar-refractivity contribution in [1.82, 2.24) is 20.9 Å². The van der Waals surface area contributed by atoms with E-state index in [0.29, 0.717) is 30.5 Å². The molecule has 1 saturated carbocycles. The molecule has 3 aliphatic rings. The molecular formula is C28H42ClFN4O4. The minimum absolute atomic E-state index is 0.0350. The van der Waals surface area contributed by atoms with Crippen molar-refractivity contribution in [3.8, 4) is 0 Å². The number of ether oxygens (including phenoxy) is 2. The second kappa shape index (κ2) is 14.3. The maximum absolute atomic E-state index is 15.1. The largest absolute Gasteiger partial charge is 0.453 e. The predicted molar refractivity (Wildman–Crippen MR) is 145 cm³/mol. The third-order valence-electron chi connectivity index (χ3n) is 8.42. The normalized spacial score (nSPS) is 25.4. The van der Waals surface area contributed by atoms with E-state index in [9.17, 15) is 9.59 Å². The Morgan fingerprint density at radius 1 is 1.18 bits per heavy atom. The predicted octanol–water partition coefficient (Wildman–Crippen LogP) is 4.87. The number of nitrogens with one attached hydrogen (secondary N) is 3. The molecule has 1 aliphatic carbocycles. The number of hydrogen-bond donors (Lipinski definition) is 3. The van der Waals surface area contributed by atoms with E-state index in [0.717, 1.165) is 32.4 Å². The number of carbonyl (C=O) groups excluding carboxylic acids is 2. The second-order valence-corrected chi connectivity index (χ2v) is 11.2. The summed E-state index contributed by atoms with van der Waals surface area (Å²) in [6, 6.07) is 4.97. The van der Waals surface area contributed by atoms with E-state index in [1.165, 1.54) is 45.3 Å². The van der Waals surface area contributed by atoms with E-state index in [2.05, 4.69) is 20.7 Å². The van der Waals surface area contributed by atoms with Gasteiger partial charge in [-0.15, -0.1) is 0 Å². The molecule has 4 atom stereocenters. The molecule has 3 amide bonds. The molecule has 212 valence electrons. The summed E-state index contributed by atoms with van der Waals surface area (Å²) in [7, 11) is 1.29. The Morgan fingerprint density at radius 3 is 2.79 bits per heavy atom. The number of likely N-dealkylation sites (tertiary alicyclic amines) is 1. The van der Waals surface area contributed by atoms with Crippen LogP contribution >= 0.6 is 11.6 Å². The van der Waals surface area contributed by atoms with Gasteiger partial charge in [-0.05, 0) is 43.7 Å². The van der Waals surface area contributed by atoms with Gasteiger partial charge in [0.2, 0.25) is 0 Å². The van der Waals surface area contributed by atoms with Crippen LogP contribution in [0.2, 0.25) is 5.02 Å². The zero-order valence-electron chi connectivity index (χ0n) is 22.4. The molecule has 38 heavy (non-hydrogen) atoms. The molecule has 4 rings (SSSR count). The summed E-state index contributed by atoms with van der Waals surface area (Å²) in [5.41, 5.74) is 0.372. The zero-order chi connectivity index (χ0) is 26.9. The lowest BCUT2D eigenvalue weighted by Crippen LogP contribution is -2.57. The summed E-state index contributed by atoms with van der Waals surface area (Å²) in [6.45, 7) is 3.32. The minimum atomic E-state index is -0.602. The lowest BCUT2D eigenvalue weighted by atomic mass is 9.74. The standard InChI is InChI=1S/C28H42ClFN4O4/c1-37-28(36)32-14-16-38-26(22-10-5-11-23(29)25(22)30)20-9-6-15-34(18-20)27(35)33-24-17-31-13-12-21(24)19-7-3-2-4-8-19/h5,10-11,19-21,24,26,31H,2-4,6-9,12-18H2,1H3,(H,32,36)(H,33,35)/t20-,21?,24?,26-/m1/s1. The number of urea groups is 1. The summed E-state index contributed by atoms with van der Waals surface area (Å²) in [5.74, 6) is 0.581. The fraction of sp³-hybridized carbons (Fsp3) is 0.714. The molecule has 0 bridgehead atoms. The Morgan fingerprint density at radius 2 is 2.00 bits per heavy atom. The molecule has 1 aromatic carbocycles. The molecule has 2 unspecified atom stereocenters. The summed E-state index contributed by atoms with van der Waals surface area (Å²) < 4.78 is 25.8. The molecule has 0 aromatic heterocycles. The average molecular weight is 553 g/mol. The highest BCUT2D eigenvalue weighted by molar-refractivity contribution is 6.30. The third-order valence-corrected chi connectivity index (χ3v) is 8.71. The molecule has 8 nitrogen and oxygen atoms in total. The van der Waals surface area contributed by atoms with E-state index in [1.54, 1.807) is 12.1 Å². The lowest BCUT2D eigenvalue weighted by molar-refractivity contribution is -0.0108. The van der Waals surface area contributed by atoms with Crippen LogP contribution in [0.25, 0.3) is 0 Å². The van der Waals surface area contributed by atoms with Crippen LogP contribution in [0.15, 0.2) is 18.2 Å². The molecule has 1 aromatic rings. The van der Waals surface area contributed by atoms with Gasteiger partial charge in [0.05, 0.1) is 24.8 Å². The van der Waals surface area contributed by atoms with E-state index >= 15 is 4.39 Å². The van der Waals surface area contributed by atoms with E-state index in [4.69, 9.17) is 16.3 Å². The Labute approximate surface area is 230 Å². The summed E-state index contributed by atoms with van der Waals surface area (Å²) in [6.07, 6.45) is 7.97. The fourth-order valence-electron chi connectivity index (χ4n) is 6.49. The first kappa shape index (κ1) is 28.9. The van der Waals surface area contributed by atoms with Gasteiger partial charge in [0.15, 0.2) is 0 Å². The van der Waals surface area contributed by atoms with E-state index in [-0.39, 0.29) is 36.2 Å². The number of rotatable bonds is 8. The van der Waals surface area contributed by atoms with Gasteiger partial charge in [-0.3, -0.25) is 0 Å². The summed E-state index contributed by atoms with van der Waals surface area (Å²) in [4.78, 5) is 26.7. The topological polar surface area (TPSA) is 91.9 Å². The van der Waals surface area contributed by atoms with Gasteiger partial charge in [-0.1, -0.05) is 55.8 Å². The first-order chi connectivity index (χ1) is 18.5. The number of methoxy groups -OCH3 is 1. The summed E-state index contributed by atoms with van der Waals surface area (Å²) >= 11 is 6.10. The van der Waals surface area contributed by atoms with Crippen LogP contribution in [-0.4, -0.2) is 69.5 Å². The highest BCUT2D eigenvalue weighted by atomic mass is 35.5. The van der Waals surface area contributed by atoms with Gasteiger partial charge in [-0.25, -0.2) is 14.0 Å². The number of hydrogen-bond acceptors (Lipinski definition) is 5. The third kappa shape index (κ3) is 7.51. The Hall–Kier alpha value is -2.10. The van der Waals surface area contributed by atoms with Crippen molar-refractivity contribution in [3.63, 3.8) is 0 Å². The molecule has 2 heterocycles. The van der Waals surface area contributed by atoms with Crippen LogP contribution in [0.3, 0.4) is 0 Å². The SMILES string of the molecule is COC(=O)NCCO[C@@H](c1cccc(Cl)c1F)[C@@H]1CCCN(C(=O)NC2CNCCC2C2CCCCC2)C1. The van der Waals surface area contributed by atoms with Crippen molar-refractivity contribution in [2.45, 2.75) is 63.5 Å². The first-order valence-corrected chi connectivity index (χ1v) is 14.5. The molecule has 3 fully saturated rings. The average Bonchev–Trinajstić information content (AvgIpc) is 2.95. The number of piperidine rings is 2. The zero-order valence-corrected chi connectivity index (χ0v) is 23.1. The Bertz CT molecular complexity index is 932. The number of benzene rings is 1. The minimum Gasteiger partial charge on any atom is -0.453 e.